The highest BCUT2D eigenvalue weighted by Crippen LogP contribution is 2.21. The highest BCUT2D eigenvalue weighted by molar-refractivity contribution is 5.97. The molecule has 3 N–H and O–H groups in total. The van der Waals surface area contributed by atoms with Crippen LogP contribution in [-0.4, -0.2) is 17.0 Å². The van der Waals surface area contributed by atoms with Crippen LogP contribution in [0.5, 0.6) is 0 Å². The van der Waals surface area contributed by atoms with E-state index in [0.29, 0.717) is 12.2 Å². The maximum Gasteiger partial charge on any atom is 0.265 e. The van der Waals surface area contributed by atoms with Gasteiger partial charge in [0, 0.05) is 30.0 Å². The Morgan fingerprint density at radius 3 is 2.44 bits per heavy atom. The first-order valence-corrected chi connectivity index (χ1v) is 9.23. The lowest BCUT2D eigenvalue weighted by Crippen LogP contribution is -2.25. The molecule has 1 amide bonds. The first-order valence-electron chi connectivity index (χ1n) is 9.23. The van der Waals surface area contributed by atoms with Gasteiger partial charge in [0.25, 0.3) is 5.91 Å². The summed E-state index contributed by atoms with van der Waals surface area (Å²) in [6.45, 7) is 3.59. The standard InChI is InChI=1S/C23H23N3O/c1-16(18-11-10-17-6-2-3-7-19(17)14-18)25-12-13-26-21-9-5-4-8-20(21)15-22(26)23(24)27/h2-11,14-16,25H,12-13H2,1H3,(H2,24,27). The molecule has 0 spiro atoms. The molecule has 0 saturated heterocycles. The van der Waals surface area contributed by atoms with E-state index in [9.17, 15) is 4.79 Å². The maximum atomic E-state index is 11.8. The Morgan fingerprint density at radius 1 is 0.963 bits per heavy atom. The van der Waals surface area contributed by atoms with E-state index in [1.807, 2.05) is 34.9 Å². The van der Waals surface area contributed by atoms with Gasteiger partial charge >= 0.3 is 0 Å². The Kier molecular flexibility index (Phi) is 4.65. The summed E-state index contributed by atoms with van der Waals surface area (Å²) in [4.78, 5) is 11.8. The number of carbonyl (C=O) groups is 1. The number of hydrogen-bond donors (Lipinski definition) is 2. The summed E-state index contributed by atoms with van der Waals surface area (Å²) in [7, 11) is 0. The molecular formula is C23H23N3O. The van der Waals surface area contributed by atoms with Crippen molar-refractivity contribution in [1.29, 1.82) is 0 Å². The number of benzene rings is 3. The van der Waals surface area contributed by atoms with E-state index in [0.717, 1.165) is 17.4 Å². The number of nitrogens with one attached hydrogen (secondary N) is 1. The van der Waals surface area contributed by atoms with Gasteiger partial charge in [0.2, 0.25) is 0 Å². The normalized spacial score (nSPS) is 12.5. The van der Waals surface area contributed by atoms with Gasteiger partial charge in [-0.05, 0) is 41.5 Å². The Hall–Kier alpha value is -3.11. The van der Waals surface area contributed by atoms with Gasteiger partial charge in [0.15, 0.2) is 0 Å². The summed E-state index contributed by atoms with van der Waals surface area (Å²) in [5.41, 5.74) is 8.41. The van der Waals surface area contributed by atoms with Gasteiger partial charge in [0.05, 0.1) is 0 Å². The summed E-state index contributed by atoms with van der Waals surface area (Å²) in [5.74, 6) is -0.395. The topological polar surface area (TPSA) is 60.1 Å². The summed E-state index contributed by atoms with van der Waals surface area (Å²) in [5, 5.41) is 7.09. The van der Waals surface area contributed by atoms with Crippen LogP contribution >= 0.6 is 0 Å². The number of nitrogens with zero attached hydrogens (tertiary/aromatic N) is 1. The van der Waals surface area contributed by atoms with Gasteiger partial charge in [-0.2, -0.15) is 0 Å². The molecule has 1 aromatic heterocycles. The molecule has 1 atom stereocenters. The molecule has 27 heavy (non-hydrogen) atoms. The number of para-hydroxylation sites is 1. The second-order valence-electron chi connectivity index (χ2n) is 6.89. The molecule has 136 valence electrons. The van der Waals surface area contributed by atoms with Crippen molar-refractivity contribution in [3.63, 3.8) is 0 Å². The van der Waals surface area contributed by atoms with Crippen molar-refractivity contribution >= 4 is 27.6 Å². The van der Waals surface area contributed by atoms with Crippen LogP contribution in [0.1, 0.15) is 29.0 Å². The zero-order chi connectivity index (χ0) is 18.8. The van der Waals surface area contributed by atoms with Crippen molar-refractivity contribution in [3.05, 3.63) is 84.1 Å². The predicted molar refractivity (Wildman–Crippen MR) is 111 cm³/mol. The maximum absolute atomic E-state index is 11.8. The average Bonchev–Trinajstić information content (AvgIpc) is 3.06. The quantitative estimate of drug-likeness (QED) is 0.542. The van der Waals surface area contributed by atoms with Crippen molar-refractivity contribution in [1.82, 2.24) is 9.88 Å². The molecule has 4 aromatic rings. The van der Waals surface area contributed by atoms with E-state index in [-0.39, 0.29) is 6.04 Å². The lowest BCUT2D eigenvalue weighted by molar-refractivity contribution is 0.0992. The van der Waals surface area contributed by atoms with Crippen LogP contribution in [0.25, 0.3) is 21.7 Å². The molecule has 4 nitrogen and oxygen atoms in total. The summed E-state index contributed by atoms with van der Waals surface area (Å²) < 4.78 is 2.00. The zero-order valence-corrected chi connectivity index (χ0v) is 15.4. The third kappa shape index (κ3) is 3.44. The first kappa shape index (κ1) is 17.3. The van der Waals surface area contributed by atoms with Gasteiger partial charge in [0.1, 0.15) is 5.69 Å². The molecule has 1 heterocycles. The first-order chi connectivity index (χ1) is 13.1. The molecular weight excluding hydrogens is 334 g/mol. The molecule has 0 aliphatic carbocycles. The highest BCUT2D eigenvalue weighted by atomic mass is 16.1. The lowest BCUT2D eigenvalue weighted by atomic mass is 10.0. The average molecular weight is 357 g/mol. The third-order valence-electron chi connectivity index (χ3n) is 5.12. The fourth-order valence-electron chi connectivity index (χ4n) is 3.64. The van der Waals surface area contributed by atoms with Gasteiger partial charge in [-0.3, -0.25) is 4.79 Å². The molecule has 0 aliphatic heterocycles. The number of rotatable bonds is 6. The van der Waals surface area contributed by atoms with Gasteiger partial charge in [-0.25, -0.2) is 0 Å². The monoisotopic (exact) mass is 357 g/mol. The second kappa shape index (κ2) is 7.25. The number of amides is 1. The van der Waals surface area contributed by atoms with Gasteiger partial charge in [-0.15, -0.1) is 0 Å². The van der Waals surface area contributed by atoms with Crippen molar-refractivity contribution in [3.8, 4) is 0 Å². The van der Waals surface area contributed by atoms with E-state index < -0.39 is 5.91 Å². The van der Waals surface area contributed by atoms with Crippen LogP contribution < -0.4 is 11.1 Å². The minimum Gasteiger partial charge on any atom is -0.364 e. The predicted octanol–water partition coefficient (Wildman–Crippen LogP) is 4.24. The smallest absolute Gasteiger partial charge is 0.265 e. The molecule has 1 unspecified atom stereocenters. The number of nitrogens with two attached hydrogens (primary N) is 1. The lowest BCUT2D eigenvalue weighted by Gasteiger charge is -2.16. The van der Waals surface area contributed by atoms with E-state index in [4.69, 9.17) is 5.73 Å². The molecule has 4 heteroatoms. The molecule has 0 fully saturated rings. The number of carbonyl (C=O) groups excluding carboxylic acids is 1. The summed E-state index contributed by atoms with van der Waals surface area (Å²) in [6.07, 6.45) is 0. The van der Waals surface area contributed by atoms with Crippen LogP contribution in [0.3, 0.4) is 0 Å². The number of primary amides is 1. The van der Waals surface area contributed by atoms with Crippen LogP contribution in [0.2, 0.25) is 0 Å². The molecule has 3 aromatic carbocycles. The molecule has 4 rings (SSSR count). The van der Waals surface area contributed by atoms with Crippen molar-refractivity contribution in [2.24, 2.45) is 5.73 Å². The highest BCUT2D eigenvalue weighted by Gasteiger charge is 2.13. The van der Waals surface area contributed by atoms with Gasteiger partial charge < -0.3 is 15.6 Å². The molecule has 0 radical (unpaired) electrons. The van der Waals surface area contributed by atoms with Crippen LogP contribution in [0, 0.1) is 0 Å². The third-order valence-corrected chi connectivity index (χ3v) is 5.12. The molecule has 0 saturated carbocycles. The number of hydrogen-bond acceptors (Lipinski definition) is 2. The Labute approximate surface area is 158 Å². The summed E-state index contributed by atoms with van der Waals surface area (Å²) in [6, 6.07) is 25.0. The van der Waals surface area contributed by atoms with E-state index >= 15 is 0 Å². The molecule has 0 aliphatic rings. The fraction of sp³-hybridized carbons (Fsp3) is 0.174. The van der Waals surface area contributed by atoms with E-state index in [1.165, 1.54) is 16.3 Å². The van der Waals surface area contributed by atoms with E-state index in [2.05, 4.69) is 54.7 Å². The Morgan fingerprint density at radius 2 is 1.67 bits per heavy atom. The largest absolute Gasteiger partial charge is 0.364 e. The number of fused-ring (bicyclic) bond motifs is 2. The van der Waals surface area contributed by atoms with E-state index in [1.54, 1.807) is 0 Å². The molecule has 0 bridgehead atoms. The van der Waals surface area contributed by atoms with Crippen LogP contribution in [-0.2, 0) is 6.54 Å². The number of aromatic nitrogens is 1. The van der Waals surface area contributed by atoms with Crippen LogP contribution in [0.15, 0.2) is 72.8 Å². The SMILES string of the molecule is CC(NCCn1c(C(N)=O)cc2ccccc21)c1ccc2ccccc2c1. The summed E-state index contributed by atoms with van der Waals surface area (Å²) >= 11 is 0. The Balaban J connectivity index is 1.50. The fourth-order valence-corrected chi connectivity index (χ4v) is 3.64. The zero-order valence-electron chi connectivity index (χ0n) is 15.4. The Bertz CT molecular complexity index is 1110. The minimum atomic E-state index is -0.395. The van der Waals surface area contributed by atoms with Crippen molar-refractivity contribution < 1.29 is 4.79 Å². The minimum absolute atomic E-state index is 0.216. The van der Waals surface area contributed by atoms with Crippen molar-refractivity contribution in [2.45, 2.75) is 19.5 Å². The second-order valence-corrected chi connectivity index (χ2v) is 6.89. The van der Waals surface area contributed by atoms with Crippen LogP contribution in [0.4, 0.5) is 0 Å². The van der Waals surface area contributed by atoms with Gasteiger partial charge in [-0.1, -0.05) is 54.6 Å². The van der Waals surface area contributed by atoms with Crippen molar-refractivity contribution in [2.75, 3.05) is 6.54 Å².